The minimum absolute atomic E-state index is 0.0610. The van der Waals surface area contributed by atoms with Crippen LogP contribution in [0.3, 0.4) is 0 Å². The number of H-pyrrole nitrogens is 1. The maximum Gasteiger partial charge on any atom is 0.416 e. The normalized spacial score (nSPS) is 21.0. The molecule has 1 aromatic heterocycles. The van der Waals surface area contributed by atoms with Crippen LogP contribution in [0.25, 0.3) is 0 Å². The summed E-state index contributed by atoms with van der Waals surface area (Å²) in [7, 11) is 0. The van der Waals surface area contributed by atoms with Gasteiger partial charge in [0, 0.05) is 6.54 Å². The Hall–Kier alpha value is -4.59. The minimum atomic E-state index is -5.03. The van der Waals surface area contributed by atoms with Gasteiger partial charge in [-0.15, -0.1) is 0 Å². The lowest BCUT2D eigenvalue weighted by Gasteiger charge is -2.52. The van der Waals surface area contributed by atoms with Gasteiger partial charge >= 0.3 is 24.1 Å². The van der Waals surface area contributed by atoms with Gasteiger partial charge in [0.05, 0.1) is 34.9 Å². The standard InChI is InChI=1S/C33H32F6N4O4/c1-22(24-15-26(32(34,35)36)17-27(16-24)33(37,38)39)47-20-31(25-11-7-4-8-12-25)14-13-30(2,43-21-40-41-28(43)44)19-42(31)29(45)46-18-23-9-5-3-6-10-23/h3-12,15-17,21-22H,13-14,18-20H2,1-2H3,(H,41,44)/t22-,30+,31-/m1/s1. The Bertz CT molecular complexity index is 1710. The van der Waals surface area contributed by atoms with Gasteiger partial charge in [-0.25, -0.2) is 14.7 Å². The number of alkyl halides is 6. The van der Waals surface area contributed by atoms with Gasteiger partial charge in [0.25, 0.3) is 0 Å². The summed E-state index contributed by atoms with van der Waals surface area (Å²) in [6, 6.07) is 19.0. The molecule has 5 rings (SSSR count). The fraction of sp³-hybridized carbons (Fsp3) is 0.364. The Morgan fingerprint density at radius 3 is 2.09 bits per heavy atom. The number of hydrogen-bond acceptors (Lipinski definition) is 5. The van der Waals surface area contributed by atoms with Gasteiger partial charge < -0.3 is 9.47 Å². The van der Waals surface area contributed by atoms with Gasteiger partial charge in [0.2, 0.25) is 0 Å². The molecule has 47 heavy (non-hydrogen) atoms. The number of carbonyl (C=O) groups is 1. The van der Waals surface area contributed by atoms with Crippen LogP contribution in [-0.4, -0.2) is 38.9 Å². The molecule has 1 aliphatic rings. The molecule has 0 saturated carbocycles. The summed E-state index contributed by atoms with van der Waals surface area (Å²) in [5.74, 6) is 0. The largest absolute Gasteiger partial charge is 0.445 e. The molecule has 1 amide bonds. The number of piperidine rings is 1. The van der Waals surface area contributed by atoms with Gasteiger partial charge in [-0.05, 0) is 61.6 Å². The molecule has 1 aliphatic heterocycles. The average molecular weight is 663 g/mol. The van der Waals surface area contributed by atoms with Crippen LogP contribution in [0.1, 0.15) is 60.6 Å². The van der Waals surface area contributed by atoms with Gasteiger partial charge in [0.1, 0.15) is 12.9 Å². The van der Waals surface area contributed by atoms with E-state index in [0.717, 1.165) is 0 Å². The summed E-state index contributed by atoms with van der Waals surface area (Å²) in [6.07, 6.45) is -10.2. The van der Waals surface area contributed by atoms with E-state index in [1.54, 1.807) is 61.5 Å². The lowest BCUT2D eigenvalue weighted by molar-refractivity contribution is -0.143. The zero-order valence-corrected chi connectivity index (χ0v) is 25.4. The molecule has 1 saturated heterocycles. The fourth-order valence-electron chi connectivity index (χ4n) is 5.90. The summed E-state index contributed by atoms with van der Waals surface area (Å²) in [4.78, 5) is 28.1. The lowest BCUT2D eigenvalue weighted by Crippen LogP contribution is -2.62. The number of benzene rings is 3. The van der Waals surface area contributed by atoms with Crippen molar-refractivity contribution in [2.24, 2.45) is 0 Å². The first-order valence-corrected chi connectivity index (χ1v) is 14.7. The molecule has 0 bridgehead atoms. The Morgan fingerprint density at radius 1 is 0.936 bits per heavy atom. The van der Waals surface area contributed by atoms with Crippen LogP contribution < -0.4 is 5.69 Å². The monoisotopic (exact) mass is 662 g/mol. The Kier molecular flexibility index (Phi) is 9.26. The summed E-state index contributed by atoms with van der Waals surface area (Å²) in [5, 5.41) is 6.19. The van der Waals surface area contributed by atoms with Crippen LogP contribution in [0.2, 0.25) is 0 Å². The van der Waals surface area contributed by atoms with Gasteiger partial charge in [-0.1, -0.05) is 60.7 Å². The number of aromatic nitrogens is 3. The zero-order valence-electron chi connectivity index (χ0n) is 25.4. The Morgan fingerprint density at radius 2 is 1.53 bits per heavy atom. The maximum atomic E-state index is 14.0. The van der Waals surface area contributed by atoms with Crippen LogP contribution in [0, 0.1) is 0 Å². The molecule has 14 heteroatoms. The molecule has 0 unspecified atom stereocenters. The van der Waals surface area contributed by atoms with Crippen molar-refractivity contribution in [3.63, 3.8) is 0 Å². The second-order valence-electron chi connectivity index (χ2n) is 11.8. The van der Waals surface area contributed by atoms with E-state index in [0.29, 0.717) is 29.7 Å². The molecule has 4 aromatic rings. The van der Waals surface area contributed by atoms with Crippen molar-refractivity contribution in [1.82, 2.24) is 19.7 Å². The van der Waals surface area contributed by atoms with E-state index in [2.05, 4.69) is 10.2 Å². The molecule has 2 heterocycles. The molecule has 0 spiro atoms. The molecule has 3 aromatic carbocycles. The van der Waals surface area contributed by atoms with Crippen molar-refractivity contribution in [3.05, 3.63) is 123 Å². The molecular formula is C33H32F6N4O4. The first kappa shape index (κ1) is 33.8. The van der Waals surface area contributed by atoms with E-state index in [4.69, 9.17) is 9.47 Å². The van der Waals surface area contributed by atoms with Crippen LogP contribution in [0.15, 0.2) is 90.0 Å². The zero-order chi connectivity index (χ0) is 34.0. The third-order valence-corrected chi connectivity index (χ3v) is 8.61. The number of nitrogens with one attached hydrogen (secondary N) is 1. The van der Waals surface area contributed by atoms with Crippen LogP contribution in [0.5, 0.6) is 0 Å². The quantitative estimate of drug-likeness (QED) is 0.198. The summed E-state index contributed by atoms with van der Waals surface area (Å²) in [6.45, 7) is 2.68. The third kappa shape index (κ3) is 7.22. The van der Waals surface area contributed by atoms with E-state index >= 15 is 0 Å². The van der Waals surface area contributed by atoms with Crippen molar-refractivity contribution in [2.75, 3.05) is 13.2 Å². The number of ether oxygens (including phenoxy) is 2. The summed E-state index contributed by atoms with van der Waals surface area (Å²) >= 11 is 0. The molecular weight excluding hydrogens is 630 g/mol. The second kappa shape index (κ2) is 12.9. The first-order chi connectivity index (χ1) is 22.1. The molecule has 1 N–H and O–H groups in total. The highest BCUT2D eigenvalue weighted by Gasteiger charge is 2.51. The van der Waals surface area contributed by atoms with Gasteiger partial charge in [-0.3, -0.25) is 9.47 Å². The lowest BCUT2D eigenvalue weighted by atomic mass is 9.75. The SMILES string of the molecule is C[C@@H](OC[C@@]1(c2ccccc2)CC[C@](C)(n2cn[nH]c2=O)CN1C(=O)OCc1ccccc1)c1cc(C(F)(F)F)cc(C(F)(F)F)c1. The van der Waals surface area contributed by atoms with Crippen LogP contribution in [-0.2, 0) is 39.5 Å². The summed E-state index contributed by atoms with van der Waals surface area (Å²) in [5.41, 5.74) is -4.67. The highest BCUT2D eigenvalue weighted by atomic mass is 19.4. The van der Waals surface area contributed by atoms with Crippen molar-refractivity contribution in [3.8, 4) is 0 Å². The third-order valence-electron chi connectivity index (χ3n) is 8.61. The molecule has 3 atom stereocenters. The first-order valence-electron chi connectivity index (χ1n) is 14.7. The van der Waals surface area contributed by atoms with Crippen molar-refractivity contribution in [1.29, 1.82) is 0 Å². The molecule has 0 radical (unpaired) electrons. The average Bonchev–Trinajstić information content (AvgIpc) is 3.49. The number of rotatable bonds is 8. The predicted molar refractivity (Wildman–Crippen MR) is 158 cm³/mol. The molecule has 250 valence electrons. The number of aromatic amines is 1. The number of halogens is 6. The van der Waals surface area contributed by atoms with Crippen molar-refractivity contribution < 1.29 is 40.6 Å². The maximum absolute atomic E-state index is 14.0. The fourth-order valence-corrected chi connectivity index (χ4v) is 5.90. The van der Waals surface area contributed by atoms with E-state index in [1.807, 2.05) is 6.07 Å². The molecule has 8 nitrogen and oxygen atoms in total. The van der Waals surface area contributed by atoms with Crippen LogP contribution in [0.4, 0.5) is 31.1 Å². The van der Waals surface area contributed by atoms with Gasteiger partial charge in [-0.2, -0.15) is 31.4 Å². The Balaban J connectivity index is 1.53. The highest BCUT2D eigenvalue weighted by Crippen LogP contribution is 2.45. The molecule has 1 fully saturated rings. The van der Waals surface area contributed by atoms with E-state index < -0.39 is 52.4 Å². The molecule has 0 aliphatic carbocycles. The number of carbonyl (C=O) groups excluding carboxylic acids is 1. The van der Waals surface area contributed by atoms with E-state index in [1.165, 1.54) is 22.7 Å². The van der Waals surface area contributed by atoms with Crippen LogP contribution >= 0.6 is 0 Å². The predicted octanol–water partition coefficient (Wildman–Crippen LogP) is 7.43. The van der Waals surface area contributed by atoms with Crippen molar-refractivity contribution >= 4 is 6.09 Å². The highest BCUT2D eigenvalue weighted by molar-refractivity contribution is 5.70. The number of likely N-dealkylation sites (tertiary alicyclic amines) is 1. The summed E-state index contributed by atoms with van der Waals surface area (Å²) < 4.78 is 94.9. The smallest absolute Gasteiger partial charge is 0.416 e. The van der Waals surface area contributed by atoms with Crippen molar-refractivity contribution in [2.45, 2.75) is 62.8 Å². The van der Waals surface area contributed by atoms with Gasteiger partial charge in [0.15, 0.2) is 0 Å². The number of amides is 1. The topological polar surface area (TPSA) is 89.5 Å². The Labute approximate surface area is 265 Å². The van der Waals surface area contributed by atoms with E-state index in [9.17, 15) is 35.9 Å². The van der Waals surface area contributed by atoms with E-state index in [-0.39, 0.29) is 37.8 Å². The number of hydrogen-bond donors (Lipinski definition) is 1. The number of nitrogens with zero attached hydrogens (tertiary/aromatic N) is 3. The minimum Gasteiger partial charge on any atom is -0.445 e. The second-order valence-corrected chi connectivity index (χ2v) is 11.8.